The molecule has 0 aliphatic heterocycles. The van der Waals surface area contributed by atoms with Crippen LogP contribution in [0.1, 0.15) is 51.2 Å². The van der Waals surface area contributed by atoms with E-state index in [4.69, 9.17) is 9.15 Å². The van der Waals surface area contributed by atoms with Crippen LogP contribution in [0.15, 0.2) is 22.8 Å². The van der Waals surface area contributed by atoms with Gasteiger partial charge in [-0.15, -0.1) is 0 Å². The molecule has 1 aromatic heterocycles. The van der Waals surface area contributed by atoms with Crippen molar-refractivity contribution in [3.63, 3.8) is 0 Å². The average molecular weight is 265 g/mol. The molecule has 1 saturated carbocycles. The first-order chi connectivity index (χ1) is 9.36. The minimum absolute atomic E-state index is 0.588. The van der Waals surface area contributed by atoms with Gasteiger partial charge in [-0.05, 0) is 50.8 Å². The van der Waals surface area contributed by atoms with Crippen molar-refractivity contribution in [2.24, 2.45) is 5.92 Å². The lowest BCUT2D eigenvalue weighted by atomic mass is 9.84. The Morgan fingerprint density at radius 2 is 2.21 bits per heavy atom. The maximum atomic E-state index is 5.57. The van der Waals surface area contributed by atoms with Gasteiger partial charge in [-0.3, -0.25) is 0 Å². The van der Waals surface area contributed by atoms with Gasteiger partial charge in [0.2, 0.25) is 0 Å². The minimum atomic E-state index is 0.588. The van der Waals surface area contributed by atoms with Crippen LogP contribution in [0.25, 0.3) is 0 Å². The second-order valence-corrected chi connectivity index (χ2v) is 5.63. The zero-order valence-corrected chi connectivity index (χ0v) is 12.1. The van der Waals surface area contributed by atoms with Crippen molar-refractivity contribution in [2.75, 3.05) is 13.2 Å². The van der Waals surface area contributed by atoms with Crippen LogP contribution in [0.3, 0.4) is 0 Å². The third-order valence-corrected chi connectivity index (χ3v) is 4.11. The van der Waals surface area contributed by atoms with E-state index in [0.29, 0.717) is 12.6 Å². The molecule has 0 spiro atoms. The molecule has 1 atom stereocenters. The Morgan fingerprint density at radius 1 is 1.37 bits per heavy atom. The monoisotopic (exact) mass is 265 g/mol. The number of rotatable bonds is 8. The van der Waals surface area contributed by atoms with Gasteiger partial charge < -0.3 is 14.5 Å². The first-order valence-corrected chi connectivity index (χ1v) is 7.70. The van der Waals surface area contributed by atoms with Gasteiger partial charge in [0, 0.05) is 12.6 Å². The molecule has 108 valence electrons. The Bertz CT molecular complexity index is 317. The summed E-state index contributed by atoms with van der Waals surface area (Å²) in [6, 6.07) is 4.50. The summed E-state index contributed by atoms with van der Waals surface area (Å²) in [4.78, 5) is 0. The van der Waals surface area contributed by atoms with E-state index in [1.54, 1.807) is 6.26 Å². The third kappa shape index (κ3) is 5.37. The van der Waals surface area contributed by atoms with Crippen LogP contribution >= 0.6 is 0 Å². The van der Waals surface area contributed by atoms with E-state index in [2.05, 4.69) is 12.2 Å². The normalized spacial score (nSPS) is 18.6. The lowest BCUT2D eigenvalue weighted by Crippen LogP contribution is -2.35. The molecule has 1 fully saturated rings. The zero-order chi connectivity index (χ0) is 13.3. The van der Waals surface area contributed by atoms with Crippen molar-refractivity contribution in [1.29, 1.82) is 0 Å². The molecular weight excluding hydrogens is 238 g/mol. The molecule has 1 N–H and O–H groups in total. The molecule has 3 nitrogen and oxygen atoms in total. The van der Waals surface area contributed by atoms with E-state index in [1.807, 2.05) is 12.1 Å². The highest BCUT2D eigenvalue weighted by Crippen LogP contribution is 2.26. The Labute approximate surface area is 116 Å². The van der Waals surface area contributed by atoms with Crippen LogP contribution in [-0.2, 0) is 11.3 Å². The molecule has 0 aromatic carbocycles. The van der Waals surface area contributed by atoms with E-state index in [-0.39, 0.29) is 0 Å². The maximum Gasteiger partial charge on any atom is 0.129 e. The fourth-order valence-electron chi connectivity index (χ4n) is 2.87. The molecule has 1 aliphatic rings. The molecule has 1 heterocycles. The van der Waals surface area contributed by atoms with Crippen LogP contribution in [-0.4, -0.2) is 19.2 Å². The molecule has 1 unspecified atom stereocenters. The van der Waals surface area contributed by atoms with E-state index in [9.17, 15) is 0 Å². The topological polar surface area (TPSA) is 34.4 Å². The first-order valence-electron chi connectivity index (χ1n) is 7.70. The largest absolute Gasteiger partial charge is 0.467 e. The van der Waals surface area contributed by atoms with Gasteiger partial charge in [0.05, 0.1) is 6.26 Å². The maximum absolute atomic E-state index is 5.57. The highest BCUT2D eigenvalue weighted by molar-refractivity contribution is 4.95. The quantitative estimate of drug-likeness (QED) is 0.727. The van der Waals surface area contributed by atoms with Gasteiger partial charge in [-0.1, -0.05) is 19.3 Å². The van der Waals surface area contributed by atoms with Gasteiger partial charge in [0.1, 0.15) is 12.4 Å². The zero-order valence-electron chi connectivity index (χ0n) is 12.1. The Hall–Kier alpha value is -0.800. The summed E-state index contributed by atoms with van der Waals surface area (Å²) in [5.74, 6) is 1.79. The summed E-state index contributed by atoms with van der Waals surface area (Å²) >= 11 is 0. The molecule has 1 aliphatic carbocycles. The Kier molecular flexibility index (Phi) is 6.45. The second-order valence-electron chi connectivity index (χ2n) is 5.63. The molecule has 3 heteroatoms. The number of hydrogen-bond donors (Lipinski definition) is 1. The molecule has 0 radical (unpaired) electrons. The number of furan rings is 1. The lowest BCUT2D eigenvalue weighted by Gasteiger charge is -2.28. The van der Waals surface area contributed by atoms with Gasteiger partial charge in [-0.25, -0.2) is 0 Å². The summed E-state index contributed by atoms with van der Waals surface area (Å²) in [5.41, 5.74) is 0. The predicted octanol–water partition coefficient (Wildman–Crippen LogP) is 3.74. The summed E-state index contributed by atoms with van der Waals surface area (Å²) < 4.78 is 10.8. The summed E-state index contributed by atoms with van der Waals surface area (Å²) in [5, 5.41) is 3.64. The standard InChI is InChI=1S/C16H27NO2/c1-14(15-7-3-2-4-8-15)17-10-6-11-18-13-16-9-5-12-19-16/h5,9,12,14-15,17H,2-4,6-8,10-11,13H2,1H3. The fraction of sp³-hybridized carbons (Fsp3) is 0.750. The van der Waals surface area contributed by atoms with Crippen LogP contribution in [0.2, 0.25) is 0 Å². The van der Waals surface area contributed by atoms with Gasteiger partial charge >= 0.3 is 0 Å². The minimum Gasteiger partial charge on any atom is -0.467 e. The van der Waals surface area contributed by atoms with Crippen molar-refractivity contribution >= 4 is 0 Å². The summed E-state index contributed by atoms with van der Waals surface area (Å²) in [6.07, 6.45) is 9.84. The van der Waals surface area contributed by atoms with Crippen LogP contribution in [0.5, 0.6) is 0 Å². The molecule has 2 rings (SSSR count). The first kappa shape index (κ1) is 14.6. The fourth-order valence-corrected chi connectivity index (χ4v) is 2.87. The Balaban J connectivity index is 1.47. The van der Waals surface area contributed by atoms with Crippen molar-refractivity contribution < 1.29 is 9.15 Å². The highest BCUT2D eigenvalue weighted by atomic mass is 16.5. The third-order valence-electron chi connectivity index (χ3n) is 4.11. The molecular formula is C16H27NO2. The molecule has 1 aromatic rings. The molecule has 0 bridgehead atoms. The van der Waals surface area contributed by atoms with Crippen LogP contribution < -0.4 is 5.32 Å². The summed E-state index contributed by atoms with van der Waals surface area (Å²) in [7, 11) is 0. The van der Waals surface area contributed by atoms with Crippen molar-refractivity contribution in [2.45, 2.75) is 58.1 Å². The van der Waals surface area contributed by atoms with E-state index in [1.165, 1.54) is 32.1 Å². The number of nitrogens with one attached hydrogen (secondary N) is 1. The Morgan fingerprint density at radius 3 is 2.95 bits per heavy atom. The second kappa shape index (κ2) is 8.39. The SMILES string of the molecule is CC(NCCCOCc1ccco1)C1CCCCC1. The van der Waals surface area contributed by atoms with Crippen molar-refractivity contribution in [3.05, 3.63) is 24.2 Å². The number of ether oxygens (including phenoxy) is 1. The molecule has 0 saturated heterocycles. The van der Waals surface area contributed by atoms with Crippen molar-refractivity contribution in [1.82, 2.24) is 5.32 Å². The molecule has 19 heavy (non-hydrogen) atoms. The van der Waals surface area contributed by atoms with Gasteiger partial charge in [0.15, 0.2) is 0 Å². The lowest BCUT2D eigenvalue weighted by molar-refractivity contribution is 0.103. The molecule has 0 amide bonds. The van der Waals surface area contributed by atoms with E-state index in [0.717, 1.165) is 31.3 Å². The predicted molar refractivity (Wildman–Crippen MR) is 77.0 cm³/mol. The average Bonchev–Trinajstić information content (AvgIpc) is 2.96. The van der Waals surface area contributed by atoms with Crippen LogP contribution in [0.4, 0.5) is 0 Å². The van der Waals surface area contributed by atoms with Crippen molar-refractivity contribution in [3.8, 4) is 0 Å². The van der Waals surface area contributed by atoms with E-state index < -0.39 is 0 Å². The highest BCUT2D eigenvalue weighted by Gasteiger charge is 2.18. The van der Waals surface area contributed by atoms with Crippen LogP contribution in [0, 0.1) is 5.92 Å². The smallest absolute Gasteiger partial charge is 0.129 e. The number of hydrogen-bond acceptors (Lipinski definition) is 3. The van der Waals surface area contributed by atoms with Gasteiger partial charge in [0.25, 0.3) is 0 Å². The van der Waals surface area contributed by atoms with E-state index >= 15 is 0 Å². The van der Waals surface area contributed by atoms with Gasteiger partial charge in [-0.2, -0.15) is 0 Å². The summed E-state index contributed by atoms with van der Waals surface area (Å²) in [6.45, 7) is 4.77.